The zero-order valence-corrected chi connectivity index (χ0v) is 16.5. The second-order valence-electron chi connectivity index (χ2n) is 8.10. The minimum absolute atomic E-state index is 0.0839. The molecule has 0 radical (unpaired) electrons. The third kappa shape index (κ3) is 3.87. The van der Waals surface area contributed by atoms with Crippen LogP contribution in [-0.4, -0.2) is 36.3 Å². The fourth-order valence-electron chi connectivity index (χ4n) is 3.40. The van der Waals surface area contributed by atoms with E-state index in [-0.39, 0.29) is 6.10 Å². The third-order valence-electron chi connectivity index (χ3n) is 4.42. The lowest BCUT2D eigenvalue weighted by molar-refractivity contribution is 0.0635. The fraction of sp³-hybridized carbons (Fsp3) is 0.476. The number of amides is 1. The molecule has 5 heteroatoms. The van der Waals surface area contributed by atoms with Gasteiger partial charge in [-0.25, -0.2) is 4.79 Å². The van der Waals surface area contributed by atoms with Crippen LogP contribution in [0.5, 0.6) is 5.75 Å². The van der Waals surface area contributed by atoms with Gasteiger partial charge in [0.1, 0.15) is 17.5 Å². The number of benzene rings is 1. The number of hydrogen-bond acceptors (Lipinski definition) is 4. The highest BCUT2D eigenvalue weighted by molar-refractivity contribution is 5.91. The van der Waals surface area contributed by atoms with Crippen molar-refractivity contribution in [3.05, 3.63) is 41.1 Å². The van der Waals surface area contributed by atoms with Crippen molar-refractivity contribution in [1.29, 1.82) is 0 Å². The summed E-state index contributed by atoms with van der Waals surface area (Å²) in [5.74, 6) is 0.761. The Bertz CT molecular complexity index is 787. The molecule has 2 heterocycles. The Kier molecular flexibility index (Phi) is 4.74. The van der Waals surface area contributed by atoms with E-state index in [0.29, 0.717) is 5.69 Å². The summed E-state index contributed by atoms with van der Waals surface area (Å²) in [5.41, 5.74) is 4.83. The lowest BCUT2D eigenvalue weighted by Crippen LogP contribution is -2.27. The number of aryl methyl sites for hydroxylation is 1. The maximum atomic E-state index is 12.2. The van der Waals surface area contributed by atoms with Gasteiger partial charge in [-0.3, -0.25) is 5.32 Å². The van der Waals surface area contributed by atoms with Crippen LogP contribution in [0.1, 0.15) is 44.4 Å². The van der Waals surface area contributed by atoms with Crippen LogP contribution in [0.4, 0.5) is 10.5 Å². The largest absolute Gasteiger partial charge is 0.488 e. The van der Waals surface area contributed by atoms with E-state index in [9.17, 15) is 4.79 Å². The van der Waals surface area contributed by atoms with E-state index in [1.807, 2.05) is 26.8 Å². The molecule has 1 N–H and O–H groups in total. The predicted octanol–water partition coefficient (Wildman–Crippen LogP) is 4.51. The van der Waals surface area contributed by atoms with E-state index in [0.717, 1.165) is 29.8 Å². The summed E-state index contributed by atoms with van der Waals surface area (Å²) in [6.07, 6.45) is 6.90. The number of carbonyl (C=O) groups excluding carboxylic acids is 1. The molecule has 0 saturated carbocycles. The Morgan fingerprint density at radius 1 is 1.38 bits per heavy atom. The number of nitrogens with one attached hydrogen (secondary N) is 1. The molecule has 1 amide bonds. The van der Waals surface area contributed by atoms with Gasteiger partial charge in [-0.1, -0.05) is 6.08 Å². The number of ether oxygens (including phenoxy) is 2. The van der Waals surface area contributed by atoms with Crippen molar-refractivity contribution in [2.75, 3.05) is 18.9 Å². The van der Waals surface area contributed by atoms with Crippen LogP contribution in [-0.2, 0) is 11.2 Å². The molecule has 5 nitrogen and oxygen atoms in total. The summed E-state index contributed by atoms with van der Waals surface area (Å²) in [6.45, 7) is 10.6. The Morgan fingerprint density at radius 3 is 2.73 bits per heavy atom. The number of rotatable bonds is 2. The topological polar surface area (TPSA) is 50.8 Å². The molecule has 1 aromatic rings. The Hall–Kier alpha value is -2.43. The Balaban J connectivity index is 1.97. The molecule has 0 aromatic heterocycles. The predicted molar refractivity (Wildman–Crippen MR) is 105 cm³/mol. The van der Waals surface area contributed by atoms with Gasteiger partial charge in [0.2, 0.25) is 0 Å². The molecule has 2 aliphatic heterocycles. The molecule has 140 valence electrons. The van der Waals surface area contributed by atoms with Gasteiger partial charge in [0.15, 0.2) is 0 Å². The molecule has 0 aliphatic carbocycles. The summed E-state index contributed by atoms with van der Waals surface area (Å²) in [6, 6.07) is 1.98. The minimum atomic E-state index is -0.542. The summed E-state index contributed by atoms with van der Waals surface area (Å²) < 4.78 is 11.4. The number of anilines is 1. The summed E-state index contributed by atoms with van der Waals surface area (Å²) in [7, 11) is 2.06. The van der Waals surface area contributed by atoms with Gasteiger partial charge in [0, 0.05) is 25.6 Å². The summed E-state index contributed by atoms with van der Waals surface area (Å²) >= 11 is 0. The lowest BCUT2D eigenvalue weighted by Gasteiger charge is -2.22. The number of nitrogens with zero attached hydrogens (tertiary/aromatic N) is 1. The van der Waals surface area contributed by atoms with Crippen LogP contribution in [0.25, 0.3) is 5.57 Å². The van der Waals surface area contributed by atoms with Gasteiger partial charge in [-0.2, -0.15) is 0 Å². The van der Waals surface area contributed by atoms with Crippen LogP contribution < -0.4 is 10.1 Å². The number of allylic oxidation sites excluding steroid dienone is 2. The van der Waals surface area contributed by atoms with Gasteiger partial charge in [-0.15, -0.1) is 0 Å². The Labute approximate surface area is 155 Å². The first-order chi connectivity index (χ1) is 12.1. The van der Waals surface area contributed by atoms with E-state index >= 15 is 0 Å². The average molecular weight is 356 g/mol. The molecule has 1 aromatic carbocycles. The smallest absolute Gasteiger partial charge is 0.412 e. The normalized spacial score (nSPS) is 18.9. The van der Waals surface area contributed by atoms with E-state index in [1.54, 1.807) is 0 Å². The molecule has 0 spiro atoms. The highest BCUT2D eigenvalue weighted by Gasteiger charge is 2.29. The number of hydrogen-bond donors (Lipinski definition) is 1. The van der Waals surface area contributed by atoms with Crippen LogP contribution in [0.15, 0.2) is 24.4 Å². The monoisotopic (exact) mass is 356 g/mol. The second kappa shape index (κ2) is 6.71. The second-order valence-corrected chi connectivity index (χ2v) is 8.10. The SMILES string of the molecule is Cc1cc(NC(=O)OC(C)(C)C)c2c(c1C1=CCN(C)C=C1)C[C@@H](C)O2. The molecule has 3 rings (SSSR count). The minimum Gasteiger partial charge on any atom is -0.488 e. The number of likely N-dealkylation sites (N-methyl/N-ethyl adjacent to an activating group) is 1. The average Bonchev–Trinajstić information content (AvgIpc) is 2.88. The quantitative estimate of drug-likeness (QED) is 0.847. The zero-order valence-electron chi connectivity index (χ0n) is 16.5. The number of carbonyl (C=O) groups is 1. The molecule has 2 aliphatic rings. The van der Waals surface area contributed by atoms with Crippen LogP contribution in [0.3, 0.4) is 0 Å². The van der Waals surface area contributed by atoms with Gasteiger partial charge < -0.3 is 14.4 Å². The van der Waals surface area contributed by atoms with Gasteiger partial charge in [0.05, 0.1) is 5.69 Å². The third-order valence-corrected chi connectivity index (χ3v) is 4.42. The van der Waals surface area contributed by atoms with E-state index in [4.69, 9.17) is 9.47 Å². The first-order valence-electron chi connectivity index (χ1n) is 9.06. The van der Waals surface area contributed by atoms with Crippen molar-refractivity contribution >= 4 is 17.4 Å². The van der Waals surface area contributed by atoms with Gasteiger partial charge in [0.25, 0.3) is 0 Å². The van der Waals surface area contributed by atoms with Crippen molar-refractivity contribution in [2.24, 2.45) is 0 Å². The van der Waals surface area contributed by atoms with Crippen molar-refractivity contribution in [3.63, 3.8) is 0 Å². The first kappa shape index (κ1) is 18.4. The Morgan fingerprint density at radius 2 is 2.12 bits per heavy atom. The zero-order chi connectivity index (χ0) is 19.1. The molecular formula is C21H28N2O3. The highest BCUT2D eigenvalue weighted by atomic mass is 16.6. The van der Waals surface area contributed by atoms with Gasteiger partial charge in [-0.05, 0) is 69.7 Å². The standard InChI is InChI=1S/C21H28N2O3/c1-13-11-17(22-20(24)26-21(3,4)5)19-16(12-14(2)25-19)18(13)15-7-9-23(6)10-8-15/h7-9,11,14H,10,12H2,1-6H3,(H,22,24)/t14-/m1/s1. The van der Waals surface area contributed by atoms with Crippen molar-refractivity contribution in [1.82, 2.24) is 4.90 Å². The van der Waals surface area contributed by atoms with Crippen molar-refractivity contribution < 1.29 is 14.3 Å². The highest BCUT2D eigenvalue weighted by Crippen LogP contribution is 2.43. The molecule has 1 atom stereocenters. The van der Waals surface area contributed by atoms with Crippen LogP contribution >= 0.6 is 0 Å². The molecule has 0 fully saturated rings. The molecular weight excluding hydrogens is 328 g/mol. The summed E-state index contributed by atoms with van der Waals surface area (Å²) in [4.78, 5) is 14.4. The van der Waals surface area contributed by atoms with Crippen molar-refractivity contribution in [2.45, 2.75) is 52.7 Å². The van der Waals surface area contributed by atoms with E-state index < -0.39 is 11.7 Å². The fourth-order valence-corrected chi connectivity index (χ4v) is 3.40. The summed E-state index contributed by atoms with van der Waals surface area (Å²) in [5, 5.41) is 2.87. The first-order valence-corrected chi connectivity index (χ1v) is 9.06. The van der Waals surface area contributed by atoms with Gasteiger partial charge >= 0.3 is 6.09 Å². The molecule has 0 unspecified atom stereocenters. The maximum absolute atomic E-state index is 12.2. The number of fused-ring (bicyclic) bond motifs is 1. The molecule has 26 heavy (non-hydrogen) atoms. The van der Waals surface area contributed by atoms with E-state index in [1.165, 1.54) is 11.1 Å². The molecule has 0 bridgehead atoms. The van der Waals surface area contributed by atoms with Crippen LogP contribution in [0.2, 0.25) is 0 Å². The molecule has 0 saturated heterocycles. The van der Waals surface area contributed by atoms with Crippen LogP contribution in [0, 0.1) is 6.92 Å². The lowest BCUT2D eigenvalue weighted by atomic mass is 9.90. The van der Waals surface area contributed by atoms with Crippen molar-refractivity contribution in [3.8, 4) is 5.75 Å². The maximum Gasteiger partial charge on any atom is 0.412 e. The van der Waals surface area contributed by atoms with E-state index in [2.05, 4.69) is 49.5 Å².